The smallest absolute Gasteiger partial charge is 0.246 e. The van der Waals surface area contributed by atoms with Crippen molar-refractivity contribution in [1.82, 2.24) is 10.1 Å². The van der Waals surface area contributed by atoms with Gasteiger partial charge < -0.3 is 20.1 Å². The van der Waals surface area contributed by atoms with Gasteiger partial charge in [0, 0.05) is 5.56 Å². The monoisotopic (exact) mass is 263 g/mol. The summed E-state index contributed by atoms with van der Waals surface area (Å²) in [6, 6.07) is 4.91. The Morgan fingerprint density at radius 3 is 2.74 bits per heavy atom. The van der Waals surface area contributed by atoms with Gasteiger partial charge in [-0.3, -0.25) is 0 Å². The standard InChI is InChI=1S/C13H17N3O3/c1-7-6-9(4-5-10(7)18-3)12-15-13(19-16-12)11(14)8(2)17/h4-6,8,11,17H,14H2,1-3H3/t8-,11+/m1/s1. The lowest BCUT2D eigenvalue weighted by Gasteiger charge is -2.08. The minimum atomic E-state index is -0.745. The second-order valence-electron chi connectivity index (χ2n) is 4.41. The van der Waals surface area contributed by atoms with E-state index in [1.807, 2.05) is 25.1 Å². The third-order valence-corrected chi connectivity index (χ3v) is 2.90. The van der Waals surface area contributed by atoms with E-state index < -0.39 is 12.1 Å². The summed E-state index contributed by atoms with van der Waals surface area (Å²) >= 11 is 0. The van der Waals surface area contributed by atoms with Crippen LogP contribution in [0.15, 0.2) is 22.7 Å². The maximum Gasteiger partial charge on any atom is 0.246 e. The number of aliphatic hydroxyl groups excluding tert-OH is 1. The average molecular weight is 263 g/mol. The van der Waals surface area contributed by atoms with Gasteiger partial charge in [0.05, 0.1) is 13.2 Å². The van der Waals surface area contributed by atoms with Crippen molar-refractivity contribution in [2.45, 2.75) is 26.0 Å². The zero-order valence-corrected chi connectivity index (χ0v) is 11.1. The molecule has 0 aliphatic carbocycles. The van der Waals surface area contributed by atoms with E-state index in [4.69, 9.17) is 15.0 Å². The Balaban J connectivity index is 2.30. The van der Waals surface area contributed by atoms with Crippen molar-refractivity contribution in [2.24, 2.45) is 5.73 Å². The van der Waals surface area contributed by atoms with Crippen molar-refractivity contribution in [1.29, 1.82) is 0 Å². The Morgan fingerprint density at radius 2 is 2.16 bits per heavy atom. The average Bonchev–Trinajstić information content (AvgIpc) is 2.87. The zero-order valence-electron chi connectivity index (χ0n) is 11.1. The van der Waals surface area contributed by atoms with Gasteiger partial charge in [0.2, 0.25) is 11.7 Å². The molecule has 1 aromatic heterocycles. The molecule has 0 aliphatic heterocycles. The number of nitrogens with two attached hydrogens (primary N) is 1. The molecule has 0 spiro atoms. The van der Waals surface area contributed by atoms with Gasteiger partial charge in [-0.1, -0.05) is 5.16 Å². The predicted molar refractivity (Wildman–Crippen MR) is 69.6 cm³/mol. The third-order valence-electron chi connectivity index (χ3n) is 2.90. The molecule has 0 aliphatic rings. The number of aryl methyl sites for hydroxylation is 1. The molecule has 1 aromatic carbocycles. The molecule has 6 nitrogen and oxygen atoms in total. The van der Waals surface area contributed by atoms with Crippen LogP contribution in [-0.2, 0) is 0 Å². The Hall–Kier alpha value is -1.92. The van der Waals surface area contributed by atoms with Crippen molar-refractivity contribution in [3.63, 3.8) is 0 Å². The predicted octanol–water partition coefficient (Wildman–Crippen LogP) is 1.43. The van der Waals surface area contributed by atoms with Gasteiger partial charge >= 0.3 is 0 Å². The van der Waals surface area contributed by atoms with Gasteiger partial charge in [0.1, 0.15) is 11.8 Å². The lowest BCUT2D eigenvalue weighted by molar-refractivity contribution is 0.146. The van der Waals surface area contributed by atoms with Crippen molar-refractivity contribution in [3.8, 4) is 17.1 Å². The van der Waals surface area contributed by atoms with Crippen LogP contribution >= 0.6 is 0 Å². The molecule has 0 radical (unpaired) electrons. The van der Waals surface area contributed by atoms with Crippen LogP contribution in [0.3, 0.4) is 0 Å². The summed E-state index contributed by atoms with van der Waals surface area (Å²) in [7, 11) is 1.62. The summed E-state index contributed by atoms with van der Waals surface area (Å²) in [5.74, 6) is 1.46. The zero-order chi connectivity index (χ0) is 14.0. The number of aliphatic hydroxyl groups is 1. The first-order valence-electron chi connectivity index (χ1n) is 5.95. The molecule has 0 saturated carbocycles. The van der Waals surface area contributed by atoms with E-state index in [0.29, 0.717) is 5.82 Å². The van der Waals surface area contributed by atoms with Gasteiger partial charge in [-0.05, 0) is 37.6 Å². The Labute approximate surface area is 111 Å². The fourth-order valence-electron chi connectivity index (χ4n) is 1.71. The number of hydrogen-bond donors (Lipinski definition) is 2. The molecule has 2 rings (SSSR count). The summed E-state index contributed by atoms with van der Waals surface area (Å²) in [6.45, 7) is 3.51. The van der Waals surface area contributed by atoms with Crippen molar-refractivity contribution < 1.29 is 14.4 Å². The number of hydrogen-bond acceptors (Lipinski definition) is 6. The van der Waals surface area contributed by atoms with Gasteiger partial charge in [0.15, 0.2) is 0 Å². The maximum atomic E-state index is 9.40. The molecule has 2 atom stereocenters. The highest BCUT2D eigenvalue weighted by atomic mass is 16.5. The number of benzene rings is 1. The first-order valence-corrected chi connectivity index (χ1v) is 5.95. The molecule has 6 heteroatoms. The van der Waals surface area contributed by atoms with E-state index in [9.17, 15) is 5.11 Å². The summed E-state index contributed by atoms with van der Waals surface area (Å²) in [5.41, 5.74) is 7.53. The van der Waals surface area contributed by atoms with E-state index in [-0.39, 0.29) is 5.89 Å². The molecule has 0 saturated heterocycles. The number of nitrogens with zero attached hydrogens (tertiary/aromatic N) is 2. The van der Waals surface area contributed by atoms with Crippen LogP contribution < -0.4 is 10.5 Å². The quantitative estimate of drug-likeness (QED) is 0.866. The van der Waals surface area contributed by atoms with Crippen molar-refractivity contribution in [3.05, 3.63) is 29.7 Å². The summed E-state index contributed by atoms with van der Waals surface area (Å²) in [5, 5.41) is 13.3. The van der Waals surface area contributed by atoms with Crippen LogP contribution in [-0.4, -0.2) is 28.5 Å². The largest absolute Gasteiger partial charge is 0.496 e. The van der Waals surface area contributed by atoms with Crippen LogP contribution in [0.2, 0.25) is 0 Å². The summed E-state index contributed by atoms with van der Waals surface area (Å²) < 4.78 is 10.3. The molecule has 0 fully saturated rings. The maximum absolute atomic E-state index is 9.40. The van der Waals surface area contributed by atoms with E-state index in [1.165, 1.54) is 0 Å². The van der Waals surface area contributed by atoms with E-state index >= 15 is 0 Å². The first-order chi connectivity index (χ1) is 9.02. The van der Waals surface area contributed by atoms with Crippen molar-refractivity contribution in [2.75, 3.05) is 7.11 Å². The van der Waals surface area contributed by atoms with E-state index in [2.05, 4.69) is 10.1 Å². The molecule has 19 heavy (non-hydrogen) atoms. The molecular formula is C13H17N3O3. The van der Waals surface area contributed by atoms with Crippen LogP contribution in [0.1, 0.15) is 24.4 Å². The Kier molecular flexibility index (Phi) is 3.82. The highest BCUT2D eigenvalue weighted by Crippen LogP contribution is 2.25. The number of rotatable bonds is 4. The molecular weight excluding hydrogens is 246 g/mol. The highest BCUT2D eigenvalue weighted by Gasteiger charge is 2.20. The van der Waals surface area contributed by atoms with Crippen molar-refractivity contribution >= 4 is 0 Å². The second kappa shape index (κ2) is 5.38. The molecule has 0 unspecified atom stereocenters. The first kappa shape index (κ1) is 13.5. The Bertz CT molecular complexity index is 566. The minimum Gasteiger partial charge on any atom is -0.496 e. The van der Waals surface area contributed by atoms with Crippen LogP contribution in [0.25, 0.3) is 11.4 Å². The van der Waals surface area contributed by atoms with Gasteiger partial charge in [-0.15, -0.1) is 0 Å². The topological polar surface area (TPSA) is 94.4 Å². The molecule has 0 bridgehead atoms. The van der Waals surface area contributed by atoms with Crippen LogP contribution in [0.5, 0.6) is 5.75 Å². The van der Waals surface area contributed by atoms with E-state index in [0.717, 1.165) is 16.9 Å². The lowest BCUT2D eigenvalue weighted by atomic mass is 10.1. The number of methoxy groups -OCH3 is 1. The fourth-order valence-corrected chi connectivity index (χ4v) is 1.71. The summed E-state index contributed by atoms with van der Waals surface area (Å²) in [6.07, 6.45) is -0.745. The highest BCUT2D eigenvalue weighted by molar-refractivity contribution is 5.58. The Morgan fingerprint density at radius 1 is 1.42 bits per heavy atom. The van der Waals surface area contributed by atoms with Gasteiger partial charge in [0.25, 0.3) is 0 Å². The minimum absolute atomic E-state index is 0.221. The fraction of sp³-hybridized carbons (Fsp3) is 0.385. The third kappa shape index (κ3) is 2.74. The number of ether oxygens (including phenoxy) is 1. The lowest BCUT2D eigenvalue weighted by Crippen LogP contribution is -2.23. The SMILES string of the molecule is COc1ccc(-c2noc([C@@H](N)[C@@H](C)O)n2)cc1C. The van der Waals surface area contributed by atoms with Gasteiger partial charge in [-0.2, -0.15) is 4.98 Å². The molecule has 0 amide bonds. The van der Waals surface area contributed by atoms with Gasteiger partial charge in [-0.25, -0.2) is 0 Å². The normalized spacial score (nSPS) is 14.2. The molecule has 3 N–H and O–H groups in total. The van der Waals surface area contributed by atoms with E-state index in [1.54, 1.807) is 14.0 Å². The number of aromatic nitrogens is 2. The van der Waals surface area contributed by atoms with Crippen LogP contribution in [0.4, 0.5) is 0 Å². The molecule has 102 valence electrons. The molecule has 2 aromatic rings. The second-order valence-corrected chi connectivity index (χ2v) is 4.41. The summed E-state index contributed by atoms with van der Waals surface area (Å²) in [4.78, 5) is 4.19. The van der Waals surface area contributed by atoms with Crippen LogP contribution in [0, 0.1) is 6.92 Å². The molecule has 1 heterocycles.